The average Bonchev–Trinajstić information content (AvgIpc) is 3.07. The minimum absolute atomic E-state index is 0.100. The van der Waals surface area contributed by atoms with Gasteiger partial charge in [-0.1, -0.05) is 23.9 Å². The second-order valence-electron chi connectivity index (χ2n) is 5.89. The van der Waals surface area contributed by atoms with Gasteiger partial charge in [0.1, 0.15) is 0 Å². The molecule has 136 valence electrons. The van der Waals surface area contributed by atoms with Crippen molar-refractivity contribution in [3.8, 4) is 5.69 Å². The van der Waals surface area contributed by atoms with Crippen LogP contribution in [0.15, 0.2) is 35.7 Å². The first kappa shape index (κ1) is 19.5. The van der Waals surface area contributed by atoms with Crippen LogP contribution < -0.4 is 5.32 Å². The Morgan fingerprint density at radius 2 is 2.24 bits per heavy atom. The number of carbonyl (C=O) groups excluding carboxylic acids is 1. The van der Waals surface area contributed by atoms with Crippen LogP contribution in [0.1, 0.15) is 17.5 Å². The molecule has 0 aliphatic heterocycles. The number of imidazole rings is 1. The standard InChI is InChI=1S/C18H25N3O3S/c1-13-4-5-14(2)16(10-13)21-8-7-19-18(21)25-12-17(23)20-15(11-22)6-9-24-3/h4-5,7-8,10,15,22H,6,9,11-12H2,1-3H3,(H,20,23). The van der Waals surface area contributed by atoms with Gasteiger partial charge in [-0.05, 0) is 37.5 Å². The monoisotopic (exact) mass is 363 g/mol. The average molecular weight is 363 g/mol. The zero-order chi connectivity index (χ0) is 18.2. The van der Waals surface area contributed by atoms with Crippen molar-refractivity contribution in [1.82, 2.24) is 14.9 Å². The van der Waals surface area contributed by atoms with E-state index in [0.717, 1.165) is 16.4 Å². The number of aromatic nitrogens is 2. The summed E-state index contributed by atoms with van der Waals surface area (Å²) in [6.45, 7) is 4.50. The number of methoxy groups -OCH3 is 1. The molecule has 1 unspecified atom stereocenters. The molecular weight excluding hydrogens is 338 g/mol. The quantitative estimate of drug-likeness (QED) is 0.667. The number of aliphatic hydroxyl groups excluding tert-OH is 1. The van der Waals surface area contributed by atoms with Gasteiger partial charge in [-0.25, -0.2) is 4.98 Å². The minimum atomic E-state index is -0.285. The fourth-order valence-electron chi connectivity index (χ4n) is 2.43. The first-order chi connectivity index (χ1) is 12.0. The van der Waals surface area contributed by atoms with Crippen LogP contribution >= 0.6 is 11.8 Å². The van der Waals surface area contributed by atoms with Crippen LogP contribution in [0.2, 0.25) is 0 Å². The number of hydrogen-bond acceptors (Lipinski definition) is 5. The van der Waals surface area contributed by atoms with E-state index >= 15 is 0 Å². The lowest BCUT2D eigenvalue weighted by atomic mass is 10.1. The van der Waals surface area contributed by atoms with Crippen LogP contribution in [0.3, 0.4) is 0 Å². The predicted molar refractivity (Wildman–Crippen MR) is 99.3 cm³/mol. The van der Waals surface area contributed by atoms with Crippen LogP contribution in [-0.4, -0.2) is 52.7 Å². The zero-order valence-electron chi connectivity index (χ0n) is 14.9. The highest BCUT2D eigenvalue weighted by atomic mass is 32.2. The fraction of sp³-hybridized carbons (Fsp3) is 0.444. The highest BCUT2D eigenvalue weighted by molar-refractivity contribution is 7.99. The second-order valence-corrected chi connectivity index (χ2v) is 6.83. The lowest BCUT2D eigenvalue weighted by Gasteiger charge is -2.16. The highest BCUT2D eigenvalue weighted by Crippen LogP contribution is 2.23. The highest BCUT2D eigenvalue weighted by Gasteiger charge is 2.14. The third-order valence-corrected chi connectivity index (χ3v) is 4.79. The van der Waals surface area contributed by atoms with Crippen molar-refractivity contribution in [2.24, 2.45) is 0 Å². The molecule has 2 rings (SSSR count). The van der Waals surface area contributed by atoms with Crippen LogP contribution in [0, 0.1) is 13.8 Å². The first-order valence-electron chi connectivity index (χ1n) is 8.18. The summed E-state index contributed by atoms with van der Waals surface area (Å²) < 4.78 is 6.97. The van der Waals surface area contributed by atoms with Gasteiger partial charge in [-0.15, -0.1) is 0 Å². The second kappa shape index (κ2) is 9.60. The molecule has 0 aliphatic carbocycles. The van der Waals surface area contributed by atoms with Crippen LogP contribution in [0.5, 0.6) is 0 Å². The molecule has 0 saturated heterocycles. The molecule has 0 saturated carbocycles. The molecule has 0 spiro atoms. The van der Waals surface area contributed by atoms with E-state index in [2.05, 4.69) is 42.3 Å². The lowest BCUT2D eigenvalue weighted by molar-refractivity contribution is -0.119. The number of hydrogen-bond donors (Lipinski definition) is 2. The molecule has 2 aromatic rings. The van der Waals surface area contributed by atoms with Crippen LogP contribution in [-0.2, 0) is 9.53 Å². The van der Waals surface area contributed by atoms with E-state index in [-0.39, 0.29) is 24.3 Å². The third-order valence-electron chi connectivity index (χ3n) is 3.82. The number of ether oxygens (including phenoxy) is 1. The first-order valence-corrected chi connectivity index (χ1v) is 9.16. The maximum Gasteiger partial charge on any atom is 0.230 e. The summed E-state index contributed by atoms with van der Waals surface area (Å²) >= 11 is 1.37. The topological polar surface area (TPSA) is 76.4 Å². The molecule has 7 heteroatoms. The number of aryl methyl sites for hydroxylation is 2. The molecule has 0 bridgehead atoms. The Labute approximate surface area is 152 Å². The van der Waals surface area contributed by atoms with Crippen molar-refractivity contribution < 1.29 is 14.6 Å². The summed E-state index contributed by atoms with van der Waals surface area (Å²) in [6, 6.07) is 5.97. The Bertz CT molecular complexity index is 703. The molecule has 1 heterocycles. The maximum atomic E-state index is 12.1. The van der Waals surface area contributed by atoms with E-state index in [4.69, 9.17) is 4.74 Å². The number of benzene rings is 1. The SMILES string of the molecule is COCCC(CO)NC(=O)CSc1nccn1-c1cc(C)ccc1C. The largest absolute Gasteiger partial charge is 0.394 e. The molecule has 1 aromatic carbocycles. The van der Waals surface area contributed by atoms with Gasteiger partial charge in [0.2, 0.25) is 5.91 Å². The molecule has 25 heavy (non-hydrogen) atoms. The fourth-order valence-corrected chi connectivity index (χ4v) is 3.20. The van der Waals surface area contributed by atoms with Gasteiger partial charge >= 0.3 is 0 Å². The van der Waals surface area contributed by atoms with Crippen molar-refractivity contribution in [3.05, 3.63) is 41.7 Å². The number of nitrogens with one attached hydrogen (secondary N) is 1. The minimum Gasteiger partial charge on any atom is -0.394 e. The summed E-state index contributed by atoms with van der Waals surface area (Å²) in [7, 11) is 1.60. The normalized spacial score (nSPS) is 12.2. The van der Waals surface area contributed by atoms with Crippen molar-refractivity contribution in [1.29, 1.82) is 0 Å². The number of nitrogens with zero attached hydrogens (tertiary/aromatic N) is 2. The van der Waals surface area contributed by atoms with E-state index in [1.807, 2.05) is 10.8 Å². The maximum absolute atomic E-state index is 12.1. The Kier molecular flexibility index (Phi) is 7.49. The zero-order valence-corrected chi connectivity index (χ0v) is 15.7. The van der Waals surface area contributed by atoms with Crippen LogP contribution in [0.25, 0.3) is 5.69 Å². The molecular formula is C18H25N3O3S. The third kappa shape index (κ3) is 5.59. The van der Waals surface area contributed by atoms with E-state index in [9.17, 15) is 9.90 Å². The van der Waals surface area contributed by atoms with Crippen molar-refractivity contribution >= 4 is 17.7 Å². The summed E-state index contributed by atoms with van der Waals surface area (Å²) in [6.07, 6.45) is 4.22. The van der Waals surface area contributed by atoms with Gasteiger partial charge in [0.05, 0.1) is 24.1 Å². The smallest absolute Gasteiger partial charge is 0.230 e. The molecule has 0 aliphatic rings. The predicted octanol–water partition coefficient (Wildman–Crippen LogP) is 2.09. The van der Waals surface area contributed by atoms with Crippen molar-refractivity contribution in [2.45, 2.75) is 31.5 Å². The molecule has 1 aromatic heterocycles. The van der Waals surface area contributed by atoms with Crippen LogP contribution in [0.4, 0.5) is 0 Å². The summed E-state index contributed by atoms with van der Waals surface area (Å²) in [5.74, 6) is 0.112. The van der Waals surface area contributed by atoms with Gasteiger partial charge in [0.25, 0.3) is 0 Å². The Balaban J connectivity index is 1.99. The van der Waals surface area contributed by atoms with Gasteiger partial charge in [-0.3, -0.25) is 9.36 Å². The Hall–Kier alpha value is -1.83. The lowest BCUT2D eigenvalue weighted by Crippen LogP contribution is -2.39. The van der Waals surface area contributed by atoms with Crippen molar-refractivity contribution in [3.63, 3.8) is 0 Å². The molecule has 0 fully saturated rings. The number of carbonyl (C=O) groups is 1. The van der Waals surface area contributed by atoms with E-state index < -0.39 is 0 Å². The van der Waals surface area contributed by atoms with Gasteiger partial charge < -0.3 is 15.2 Å². The molecule has 1 atom stereocenters. The van der Waals surface area contributed by atoms with E-state index in [1.165, 1.54) is 17.3 Å². The van der Waals surface area contributed by atoms with E-state index in [0.29, 0.717) is 13.0 Å². The summed E-state index contributed by atoms with van der Waals surface area (Å²) in [5.41, 5.74) is 3.38. The molecule has 6 nitrogen and oxygen atoms in total. The van der Waals surface area contributed by atoms with Gasteiger partial charge in [0, 0.05) is 26.1 Å². The number of rotatable bonds is 9. The molecule has 0 radical (unpaired) electrons. The molecule has 2 N–H and O–H groups in total. The number of amides is 1. The Morgan fingerprint density at radius 1 is 1.44 bits per heavy atom. The van der Waals surface area contributed by atoms with Gasteiger partial charge in [0.15, 0.2) is 5.16 Å². The van der Waals surface area contributed by atoms with Crippen molar-refractivity contribution in [2.75, 3.05) is 26.1 Å². The molecule has 1 amide bonds. The number of aliphatic hydroxyl groups is 1. The Morgan fingerprint density at radius 3 is 2.96 bits per heavy atom. The van der Waals surface area contributed by atoms with Gasteiger partial charge in [-0.2, -0.15) is 0 Å². The summed E-state index contributed by atoms with van der Waals surface area (Å²) in [5, 5.41) is 12.9. The van der Waals surface area contributed by atoms with E-state index in [1.54, 1.807) is 13.3 Å². The number of thioether (sulfide) groups is 1. The summed E-state index contributed by atoms with van der Waals surface area (Å²) in [4.78, 5) is 16.5.